The highest BCUT2D eigenvalue weighted by Gasteiger charge is 2.42. The molecule has 0 aliphatic heterocycles. The van der Waals surface area contributed by atoms with Crippen LogP contribution >= 0.6 is 0 Å². The molecule has 3 aromatic rings. The van der Waals surface area contributed by atoms with Crippen molar-refractivity contribution in [2.24, 2.45) is 0 Å². The Labute approximate surface area is 167 Å². The minimum Gasteiger partial charge on any atom is -0.481 e. The number of aromatic nitrogens is 1. The summed E-state index contributed by atoms with van der Waals surface area (Å²) in [5.74, 6) is -5.38. The van der Waals surface area contributed by atoms with E-state index in [1.54, 1.807) is 18.2 Å². The minimum absolute atomic E-state index is 0.0751. The van der Waals surface area contributed by atoms with E-state index in [0.717, 1.165) is 12.1 Å². The lowest BCUT2D eigenvalue weighted by molar-refractivity contribution is -0.153. The summed E-state index contributed by atoms with van der Waals surface area (Å²) in [7, 11) is 0. The Kier molecular flexibility index (Phi) is 5.86. The number of alkyl halides is 3. The van der Waals surface area contributed by atoms with Gasteiger partial charge in [0.2, 0.25) is 11.7 Å². The van der Waals surface area contributed by atoms with E-state index in [1.165, 1.54) is 24.3 Å². The van der Waals surface area contributed by atoms with E-state index in [1.807, 2.05) is 0 Å². The van der Waals surface area contributed by atoms with Crippen molar-refractivity contribution in [3.63, 3.8) is 0 Å². The van der Waals surface area contributed by atoms with Gasteiger partial charge in [0.15, 0.2) is 5.69 Å². The molecule has 10 heteroatoms. The van der Waals surface area contributed by atoms with Gasteiger partial charge in [-0.15, -0.1) is 0 Å². The van der Waals surface area contributed by atoms with Gasteiger partial charge in [-0.2, -0.15) is 13.2 Å². The molecule has 0 fully saturated rings. The molecule has 30 heavy (non-hydrogen) atoms. The van der Waals surface area contributed by atoms with Crippen molar-refractivity contribution in [2.45, 2.75) is 18.6 Å². The van der Waals surface area contributed by atoms with Gasteiger partial charge in [0.1, 0.15) is 5.82 Å². The van der Waals surface area contributed by atoms with Gasteiger partial charge in [-0.25, -0.2) is 9.37 Å². The largest absolute Gasteiger partial charge is 0.481 e. The summed E-state index contributed by atoms with van der Waals surface area (Å²) in [6, 6.07) is 11.1. The van der Waals surface area contributed by atoms with Gasteiger partial charge in [-0.1, -0.05) is 30.3 Å². The van der Waals surface area contributed by atoms with Gasteiger partial charge >= 0.3 is 12.1 Å². The van der Waals surface area contributed by atoms with Gasteiger partial charge in [-0.3, -0.25) is 9.59 Å². The second-order valence-electron chi connectivity index (χ2n) is 6.24. The molecule has 2 aromatic carbocycles. The number of amides is 1. The molecule has 156 valence electrons. The fourth-order valence-electron chi connectivity index (χ4n) is 2.75. The molecule has 0 saturated heterocycles. The molecule has 1 atom stereocenters. The van der Waals surface area contributed by atoms with Gasteiger partial charge in [0.25, 0.3) is 5.91 Å². The molecular weight excluding hydrogens is 408 g/mol. The van der Waals surface area contributed by atoms with Gasteiger partial charge in [0, 0.05) is 5.56 Å². The summed E-state index contributed by atoms with van der Waals surface area (Å²) in [6.07, 6.45) is -5.70. The van der Waals surface area contributed by atoms with E-state index in [0.29, 0.717) is 0 Å². The molecule has 0 aliphatic rings. The SMILES string of the molecule is O=C(O)C[C@H](NC(=O)c1nc(-c2ccccc2)oc1C(F)(F)F)c1cccc(F)c1. The molecule has 2 N–H and O–H groups in total. The number of carbonyl (C=O) groups is 2. The third-order valence-electron chi connectivity index (χ3n) is 4.06. The monoisotopic (exact) mass is 422 g/mol. The van der Waals surface area contributed by atoms with E-state index in [9.17, 15) is 27.2 Å². The average molecular weight is 422 g/mol. The lowest BCUT2D eigenvalue weighted by Gasteiger charge is -2.17. The summed E-state index contributed by atoms with van der Waals surface area (Å²) in [5.41, 5.74) is -0.756. The number of hydrogen-bond acceptors (Lipinski definition) is 4. The number of nitrogens with zero attached hydrogens (tertiary/aromatic N) is 1. The van der Waals surface area contributed by atoms with Crippen molar-refractivity contribution >= 4 is 11.9 Å². The first-order valence-corrected chi connectivity index (χ1v) is 8.56. The van der Waals surface area contributed by atoms with Crippen LogP contribution in [0.5, 0.6) is 0 Å². The number of rotatable bonds is 6. The number of nitrogens with one attached hydrogen (secondary N) is 1. The van der Waals surface area contributed by atoms with Crippen LogP contribution in [0.2, 0.25) is 0 Å². The van der Waals surface area contributed by atoms with Crippen LogP contribution in [0.15, 0.2) is 59.0 Å². The Balaban J connectivity index is 1.98. The molecule has 1 amide bonds. The van der Waals surface area contributed by atoms with Crippen LogP contribution in [0.25, 0.3) is 11.5 Å². The first kappa shape index (κ1) is 21.0. The lowest BCUT2D eigenvalue weighted by atomic mass is 10.0. The zero-order chi connectivity index (χ0) is 21.9. The average Bonchev–Trinajstić information content (AvgIpc) is 3.14. The molecule has 1 heterocycles. The van der Waals surface area contributed by atoms with Gasteiger partial charge in [0.05, 0.1) is 12.5 Å². The van der Waals surface area contributed by atoms with Crippen LogP contribution in [0.1, 0.15) is 34.3 Å². The quantitative estimate of drug-likeness (QED) is 0.573. The maximum Gasteiger partial charge on any atom is 0.452 e. The maximum absolute atomic E-state index is 13.5. The van der Waals surface area contributed by atoms with Crippen LogP contribution in [0, 0.1) is 5.82 Å². The van der Waals surface area contributed by atoms with E-state index >= 15 is 0 Å². The van der Waals surface area contributed by atoms with Crippen LogP contribution in [0.3, 0.4) is 0 Å². The lowest BCUT2D eigenvalue weighted by Crippen LogP contribution is -2.31. The fourth-order valence-corrected chi connectivity index (χ4v) is 2.75. The third kappa shape index (κ3) is 4.83. The zero-order valence-corrected chi connectivity index (χ0v) is 15.1. The Hall–Kier alpha value is -3.69. The van der Waals surface area contributed by atoms with Crippen molar-refractivity contribution < 1.29 is 36.7 Å². The van der Waals surface area contributed by atoms with Crippen molar-refractivity contribution in [3.8, 4) is 11.5 Å². The molecule has 0 saturated carbocycles. The number of carboxylic acids is 1. The second kappa shape index (κ2) is 8.36. The van der Waals surface area contributed by atoms with Crippen LogP contribution in [-0.2, 0) is 11.0 Å². The number of carbonyl (C=O) groups excluding carboxylic acids is 1. The van der Waals surface area contributed by atoms with Gasteiger partial charge < -0.3 is 14.8 Å². The number of halogens is 4. The molecular formula is C20H14F4N2O4. The molecule has 3 rings (SSSR count). The van der Waals surface area contributed by atoms with E-state index in [2.05, 4.69) is 10.3 Å². The number of hydrogen-bond donors (Lipinski definition) is 2. The van der Waals surface area contributed by atoms with E-state index < -0.39 is 53.7 Å². The Morgan fingerprint density at radius 2 is 1.80 bits per heavy atom. The Morgan fingerprint density at radius 3 is 2.40 bits per heavy atom. The van der Waals surface area contributed by atoms with E-state index in [-0.39, 0.29) is 11.1 Å². The highest BCUT2D eigenvalue weighted by molar-refractivity contribution is 5.94. The van der Waals surface area contributed by atoms with Crippen molar-refractivity contribution in [2.75, 3.05) is 0 Å². The Morgan fingerprint density at radius 1 is 1.10 bits per heavy atom. The maximum atomic E-state index is 13.5. The standard InChI is InChI=1S/C20H14F4N2O4/c21-13-8-4-7-12(9-13)14(10-15(27)28)25-18(29)16-17(20(22,23)24)30-19(26-16)11-5-2-1-3-6-11/h1-9,14H,10H2,(H,25,29)(H,27,28)/t14-/m0/s1. The van der Waals surface area contributed by atoms with Crippen molar-refractivity contribution in [3.05, 3.63) is 77.4 Å². The van der Waals surface area contributed by atoms with E-state index in [4.69, 9.17) is 9.52 Å². The van der Waals surface area contributed by atoms with Crippen molar-refractivity contribution in [1.82, 2.24) is 10.3 Å². The van der Waals surface area contributed by atoms with Crippen molar-refractivity contribution in [1.29, 1.82) is 0 Å². The normalized spacial score (nSPS) is 12.4. The number of oxazole rings is 1. The summed E-state index contributed by atoms with van der Waals surface area (Å²) >= 11 is 0. The first-order chi connectivity index (χ1) is 14.1. The highest BCUT2D eigenvalue weighted by Crippen LogP contribution is 2.35. The molecule has 0 unspecified atom stereocenters. The molecule has 0 spiro atoms. The molecule has 6 nitrogen and oxygen atoms in total. The molecule has 0 bridgehead atoms. The van der Waals surface area contributed by atoms with Gasteiger partial charge in [-0.05, 0) is 29.8 Å². The minimum atomic E-state index is -5.02. The smallest absolute Gasteiger partial charge is 0.452 e. The predicted molar refractivity (Wildman–Crippen MR) is 95.8 cm³/mol. The number of aliphatic carboxylic acids is 1. The molecule has 0 aliphatic carbocycles. The highest BCUT2D eigenvalue weighted by atomic mass is 19.4. The summed E-state index contributed by atoms with van der Waals surface area (Å²) in [4.78, 5) is 27.4. The van der Waals surface area contributed by atoms with Crippen LogP contribution in [0.4, 0.5) is 17.6 Å². The third-order valence-corrected chi connectivity index (χ3v) is 4.06. The predicted octanol–water partition coefficient (Wildman–Crippen LogP) is 4.45. The molecule has 0 radical (unpaired) electrons. The zero-order valence-electron chi connectivity index (χ0n) is 15.1. The summed E-state index contributed by atoms with van der Waals surface area (Å²) in [5, 5.41) is 11.3. The topological polar surface area (TPSA) is 92.4 Å². The number of benzene rings is 2. The molecule has 1 aromatic heterocycles. The fraction of sp³-hybridized carbons (Fsp3) is 0.150. The van der Waals surface area contributed by atoms with Crippen LogP contribution in [-0.4, -0.2) is 22.0 Å². The first-order valence-electron chi connectivity index (χ1n) is 8.56. The second-order valence-corrected chi connectivity index (χ2v) is 6.24. The summed E-state index contributed by atoms with van der Waals surface area (Å²) < 4.78 is 58.5. The summed E-state index contributed by atoms with van der Waals surface area (Å²) in [6.45, 7) is 0. The Bertz CT molecular complexity index is 1060. The van der Waals surface area contributed by atoms with Crippen LogP contribution < -0.4 is 5.32 Å². The number of carboxylic acid groups (broad SMARTS) is 1.